The van der Waals surface area contributed by atoms with Gasteiger partial charge in [-0.15, -0.1) is 0 Å². The fourth-order valence-electron chi connectivity index (χ4n) is 3.69. The zero-order chi connectivity index (χ0) is 19.0. The third kappa shape index (κ3) is 3.12. The van der Waals surface area contributed by atoms with Crippen LogP contribution in [-0.4, -0.2) is 20.7 Å². The lowest BCUT2D eigenvalue weighted by Gasteiger charge is -2.40. The quantitative estimate of drug-likeness (QED) is 0.664. The third-order valence-electron chi connectivity index (χ3n) is 5.00. The summed E-state index contributed by atoms with van der Waals surface area (Å²) >= 11 is 6.49. The van der Waals surface area contributed by atoms with Crippen LogP contribution in [0, 0.1) is 5.92 Å². The molecule has 0 saturated heterocycles. The van der Waals surface area contributed by atoms with Crippen LogP contribution in [0.25, 0.3) is 0 Å². The lowest BCUT2D eigenvalue weighted by atomic mass is 9.91. The molecule has 3 aromatic rings. The average Bonchev–Trinajstić information content (AvgIpc) is 3.17. The summed E-state index contributed by atoms with van der Waals surface area (Å²) in [5.74, 6) is 0.465. The molecule has 1 aliphatic rings. The van der Waals surface area contributed by atoms with Gasteiger partial charge in [0.25, 0.3) is 0 Å². The number of hydrogen-bond donors (Lipinski definition) is 0. The molecule has 0 fully saturated rings. The minimum Gasteiger partial charge on any atom is -0.274 e. The standard InChI is InChI=1S/C21H21ClN4O/c1-14(2)20(27)25-18(15-8-4-3-5-9-15)12-19(26-21(25)23-13-24-26)16-10-6-7-11-17(16)22/h3-11,13-14,18-19H,12H2,1-2H3/t18-,19+/m1/s1. The zero-order valence-electron chi connectivity index (χ0n) is 15.3. The minimum absolute atomic E-state index is 0.0377. The maximum Gasteiger partial charge on any atom is 0.232 e. The highest BCUT2D eigenvalue weighted by Crippen LogP contribution is 2.43. The number of halogens is 1. The van der Waals surface area contributed by atoms with E-state index in [9.17, 15) is 4.79 Å². The van der Waals surface area contributed by atoms with Gasteiger partial charge >= 0.3 is 0 Å². The number of aromatic nitrogens is 3. The van der Waals surface area contributed by atoms with E-state index in [4.69, 9.17) is 11.6 Å². The van der Waals surface area contributed by atoms with E-state index >= 15 is 0 Å². The van der Waals surface area contributed by atoms with Crippen molar-refractivity contribution in [2.24, 2.45) is 5.92 Å². The van der Waals surface area contributed by atoms with Gasteiger partial charge in [0, 0.05) is 10.9 Å². The van der Waals surface area contributed by atoms with E-state index in [1.165, 1.54) is 6.33 Å². The van der Waals surface area contributed by atoms with Gasteiger partial charge in [-0.3, -0.25) is 9.69 Å². The first-order valence-corrected chi connectivity index (χ1v) is 9.47. The van der Waals surface area contributed by atoms with Crippen LogP contribution in [0.15, 0.2) is 60.9 Å². The summed E-state index contributed by atoms with van der Waals surface area (Å²) in [5.41, 5.74) is 2.07. The fraction of sp³-hybridized carbons (Fsp3) is 0.286. The van der Waals surface area contributed by atoms with Crippen molar-refractivity contribution >= 4 is 23.5 Å². The smallest absolute Gasteiger partial charge is 0.232 e. The highest BCUT2D eigenvalue weighted by Gasteiger charge is 2.40. The Hall–Kier alpha value is -2.66. The number of anilines is 1. The van der Waals surface area contributed by atoms with Gasteiger partial charge in [-0.2, -0.15) is 10.1 Å². The first-order valence-electron chi connectivity index (χ1n) is 9.10. The number of nitrogens with zero attached hydrogens (tertiary/aromatic N) is 4. The summed E-state index contributed by atoms with van der Waals surface area (Å²) in [7, 11) is 0. The highest BCUT2D eigenvalue weighted by atomic mass is 35.5. The summed E-state index contributed by atoms with van der Waals surface area (Å²) in [6, 6.07) is 17.7. The number of rotatable bonds is 3. The first kappa shape index (κ1) is 17.7. The van der Waals surface area contributed by atoms with Crippen LogP contribution in [0.1, 0.15) is 43.5 Å². The molecule has 0 N–H and O–H groups in total. The third-order valence-corrected chi connectivity index (χ3v) is 5.35. The Morgan fingerprint density at radius 1 is 1.07 bits per heavy atom. The van der Waals surface area contributed by atoms with E-state index in [0.717, 1.165) is 11.1 Å². The Morgan fingerprint density at radius 3 is 2.48 bits per heavy atom. The first-order chi connectivity index (χ1) is 13.1. The van der Waals surface area contributed by atoms with Crippen LogP contribution < -0.4 is 4.90 Å². The van der Waals surface area contributed by atoms with Gasteiger partial charge in [-0.1, -0.05) is 74.0 Å². The van der Waals surface area contributed by atoms with E-state index in [2.05, 4.69) is 22.2 Å². The minimum atomic E-state index is -0.141. The molecule has 0 spiro atoms. The van der Waals surface area contributed by atoms with Crippen molar-refractivity contribution in [3.63, 3.8) is 0 Å². The maximum atomic E-state index is 13.1. The molecule has 1 aromatic heterocycles. The molecule has 0 radical (unpaired) electrons. The van der Waals surface area contributed by atoms with Crippen LogP contribution >= 0.6 is 11.6 Å². The molecule has 27 heavy (non-hydrogen) atoms. The molecule has 0 saturated carbocycles. The van der Waals surface area contributed by atoms with E-state index < -0.39 is 0 Å². The summed E-state index contributed by atoms with van der Waals surface area (Å²) in [4.78, 5) is 19.3. The Morgan fingerprint density at radius 2 is 1.78 bits per heavy atom. The average molecular weight is 381 g/mol. The number of carbonyl (C=O) groups is 1. The molecule has 6 heteroatoms. The van der Waals surface area contributed by atoms with Crippen molar-refractivity contribution in [3.05, 3.63) is 77.1 Å². The summed E-state index contributed by atoms with van der Waals surface area (Å²) in [6.07, 6.45) is 2.19. The number of benzene rings is 2. The molecule has 1 aliphatic heterocycles. The van der Waals surface area contributed by atoms with Crippen molar-refractivity contribution < 1.29 is 4.79 Å². The van der Waals surface area contributed by atoms with Crippen LogP contribution in [0.5, 0.6) is 0 Å². The number of amides is 1. The van der Waals surface area contributed by atoms with Crippen LogP contribution in [0.3, 0.4) is 0 Å². The number of fused-ring (bicyclic) bond motifs is 1. The van der Waals surface area contributed by atoms with Gasteiger partial charge < -0.3 is 0 Å². The van der Waals surface area contributed by atoms with E-state index in [1.807, 2.05) is 61.0 Å². The van der Waals surface area contributed by atoms with E-state index in [1.54, 1.807) is 4.90 Å². The Kier molecular flexibility index (Phi) is 4.70. The van der Waals surface area contributed by atoms with Crippen LogP contribution in [-0.2, 0) is 4.79 Å². The molecule has 2 aromatic carbocycles. The van der Waals surface area contributed by atoms with Gasteiger partial charge in [0.1, 0.15) is 6.33 Å². The topological polar surface area (TPSA) is 51.0 Å². The molecular weight excluding hydrogens is 360 g/mol. The molecule has 0 bridgehead atoms. The molecule has 138 valence electrons. The second kappa shape index (κ2) is 7.16. The van der Waals surface area contributed by atoms with Gasteiger partial charge in [0.15, 0.2) is 0 Å². The van der Waals surface area contributed by atoms with Crippen molar-refractivity contribution in [3.8, 4) is 0 Å². The van der Waals surface area contributed by atoms with Crippen molar-refractivity contribution in [2.45, 2.75) is 32.4 Å². The Bertz CT molecular complexity index is 954. The van der Waals surface area contributed by atoms with Crippen LogP contribution in [0.4, 0.5) is 5.95 Å². The van der Waals surface area contributed by atoms with Gasteiger partial charge in [0.05, 0.1) is 12.1 Å². The largest absolute Gasteiger partial charge is 0.274 e. The lowest BCUT2D eigenvalue weighted by Crippen LogP contribution is -2.44. The Labute approximate surface area is 163 Å². The lowest BCUT2D eigenvalue weighted by molar-refractivity contribution is -0.122. The van der Waals surface area contributed by atoms with Gasteiger partial charge in [-0.05, 0) is 23.6 Å². The zero-order valence-corrected chi connectivity index (χ0v) is 16.0. The molecule has 0 aliphatic carbocycles. The fourth-order valence-corrected chi connectivity index (χ4v) is 3.95. The van der Waals surface area contributed by atoms with Gasteiger partial charge in [-0.25, -0.2) is 4.68 Å². The number of carbonyl (C=O) groups excluding carboxylic acids is 1. The molecule has 2 atom stereocenters. The molecule has 0 unspecified atom stereocenters. The molecule has 4 rings (SSSR count). The predicted molar refractivity (Wildman–Crippen MR) is 106 cm³/mol. The SMILES string of the molecule is CC(C)C(=O)N1c2ncnn2[C@H](c2ccccc2Cl)C[C@@H]1c1ccccc1. The highest BCUT2D eigenvalue weighted by molar-refractivity contribution is 6.31. The molecule has 5 nitrogen and oxygen atoms in total. The molecule has 1 amide bonds. The Balaban J connectivity index is 1.87. The summed E-state index contributed by atoms with van der Waals surface area (Å²) < 4.78 is 1.82. The second-order valence-electron chi connectivity index (χ2n) is 7.07. The summed E-state index contributed by atoms with van der Waals surface area (Å²) in [5, 5.41) is 5.12. The maximum absolute atomic E-state index is 13.1. The van der Waals surface area contributed by atoms with E-state index in [-0.39, 0.29) is 23.9 Å². The number of hydrogen-bond acceptors (Lipinski definition) is 3. The normalized spacial score (nSPS) is 19.2. The van der Waals surface area contributed by atoms with Crippen molar-refractivity contribution in [1.82, 2.24) is 14.8 Å². The van der Waals surface area contributed by atoms with Crippen molar-refractivity contribution in [1.29, 1.82) is 0 Å². The molecule has 2 heterocycles. The summed E-state index contributed by atoms with van der Waals surface area (Å²) in [6.45, 7) is 3.82. The predicted octanol–water partition coefficient (Wildman–Crippen LogP) is 4.65. The second-order valence-corrected chi connectivity index (χ2v) is 7.47. The monoisotopic (exact) mass is 380 g/mol. The molecular formula is C21H21ClN4O. The van der Waals surface area contributed by atoms with Crippen molar-refractivity contribution in [2.75, 3.05) is 4.90 Å². The van der Waals surface area contributed by atoms with Crippen LogP contribution in [0.2, 0.25) is 5.02 Å². The van der Waals surface area contributed by atoms with E-state index in [0.29, 0.717) is 17.4 Å². The van der Waals surface area contributed by atoms with Gasteiger partial charge in [0.2, 0.25) is 11.9 Å².